The Hall–Kier alpha value is -3.28. The Morgan fingerprint density at radius 1 is 1.10 bits per heavy atom. The topological polar surface area (TPSA) is 74.4 Å². The second kappa shape index (κ2) is 9.03. The first-order valence-corrected chi connectivity index (χ1v) is 10.1. The number of benzene rings is 2. The summed E-state index contributed by atoms with van der Waals surface area (Å²) in [7, 11) is 1.69. The number of ether oxygens (including phenoxy) is 1. The van der Waals surface area contributed by atoms with E-state index in [-0.39, 0.29) is 12.0 Å². The highest BCUT2D eigenvalue weighted by atomic mass is 16.6. The van der Waals surface area contributed by atoms with Crippen molar-refractivity contribution in [1.29, 1.82) is 0 Å². The van der Waals surface area contributed by atoms with Crippen LogP contribution in [0.5, 0.6) is 0 Å². The lowest BCUT2D eigenvalue weighted by Gasteiger charge is -2.24. The lowest BCUT2D eigenvalue weighted by atomic mass is 10.1. The van der Waals surface area contributed by atoms with Crippen LogP contribution < -0.4 is 5.32 Å². The predicted octanol–water partition coefficient (Wildman–Crippen LogP) is 5.11. The molecule has 3 rings (SSSR count). The molecule has 0 radical (unpaired) electrons. The Bertz CT molecular complexity index is 1030. The summed E-state index contributed by atoms with van der Waals surface area (Å²) < 4.78 is 5.38. The minimum absolute atomic E-state index is 0.0436. The number of aromatic amines is 1. The van der Waals surface area contributed by atoms with Crippen LogP contribution in [0.1, 0.15) is 38.3 Å². The van der Waals surface area contributed by atoms with Crippen molar-refractivity contribution in [2.75, 3.05) is 12.4 Å². The highest BCUT2D eigenvalue weighted by molar-refractivity contribution is 5.91. The molecule has 2 amide bonds. The average Bonchev–Trinajstić information content (AvgIpc) is 3.08. The van der Waals surface area contributed by atoms with Gasteiger partial charge in [0.2, 0.25) is 5.91 Å². The van der Waals surface area contributed by atoms with Crippen LogP contribution in [-0.4, -0.2) is 34.5 Å². The third kappa shape index (κ3) is 5.86. The van der Waals surface area contributed by atoms with Gasteiger partial charge in [-0.3, -0.25) is 4.79 Å². The molecule has 0 fully saturated rings. The molecule has 158 valence electrons. The molecular weight excluding hydrogens is 378 g/mol. The quantitative estimate of drug-likeness (QED) is 0.596. The zero-order chi connectivity index (χ0) is 21.7. The van der Waals surface area contributed by atoms with Crippen molar-refractivity contribution in [3.8, 4) is 0 Å². The van der Waals surface area contributed by atoms with Crippen molar-refractivity contribution in [2.24, 2.45) is 0 Å². The van der Waals surface area contributed by atoms with Crippen molar-refractivity contribution >= 4 is 28.6 Å². The number of hydrogen-bond donors (Lipinski definition) is 2. The van der Waals surface area contributed by atoms with Crippen LogP contribution in [0.4, 0.5) is 10.5 Å². The Balaban J connectivity index is 1.55. The lowest BCUT2D eigenvalue weighted by Crippen LogP contribution is -2.33. The summed E-state index contributed by atoms with van der Waals surface area (Å²) in [4.78, 5) is 29.3. The molecule has 0 aliphatic heterocycles. The minimum Gasteiger partial charge on any atom is -0.444 e. The number of anilines is 1. The molecule has 3 aromatic rings. The van der Waals surface area contributed by atoms with E-state index in [2.05, 4.69) is 16.4 Å². The molecule has 0 aliphatic rings. The summed E-state index contributed by atoms with van der Waals surface area (Å²) in [6.07, 6.45) is 2.64. The van der Waals surface area contributed by atoms with Crippen LogP contribution in [0, 0.1) is 0 Å². The maximum atomic E-state index is 12.4. The number of hydrogen-bond acceptors (Lipinski definition) is 3. The zero-order valence-electron chi connectivity index (χ0n) is 18.0. The van der Waals surface area contributed by atoms with Crippen molar-refractivity contribution in [2.45, 2.75) is 45.8 Å². The molecule has 0 saturated carbocycles. The van der Waals surface area contributed by atoms with E-state index >= 15 is 0 Å². The van der Waals surface area contributed by atoms with Crippen molar-refractivity contribution < 1.29 is 14.3 Å². The number of nitrogens with zero attached hydrogens (tertiary/aromatic N) is 1. The number of amides is 2. The molecule has 0 bridgehead atoms. The largest absolute Gasteiger partial charge is 0.444 e. The van der Waals surface area contributed by atoms with E-state index in [4.69, 9.17) is 4.74 Å². The summed E-state index contributed by atoms with van der Waals surface area (Å²) in [5.74, 6) is -0.0436. The molecule has 1 heterocycles. The maximum Gasteiger partial charge on any atom is 0.410 e. The van der Waals surface area contributed by atoms with Gasteiger partial charge >= 0.3 is 6.09 Å². The van der Waals surface area contributed by atoms with Gasteiger partial charge in [0, 0.05) is 42.8 Å². The van der Waals surface area contributed by atoms with E-state index < -0.39 is 5.60 Å². The molecule has 6 heteroatoms. The zero-order valence-corrected chi connectivity index (χ0v) is 18.0. The van der Waals surface area contributed by atoms with E-state index in [1.54, 1.807) is 7.05 Å². The molecule has 0 aliphatic carbocycles. The van der Waals surface area contributed by atoms with Gasteiger partial charge < -0.3 is 19.9 Å². The van der Waals surface area contributed by atoms with Crippen LogP contribution in [0.2, 0.25) is 0 Å². The summed E-state index contributed by atoms with van der Waals surface area (Å²) in [5.41, 5.74) is 3.31. The second-order valence-electron chi connectivity index (χ2n) is 8.44. The van der Waals surface area contributed by atoms with E-state index in [0.717, 1.165) is 22.0 Å². The SMILES string of the molecule is CN(Cc1cccc(NC(=O)CCc2c[nH]c3ccccc23)c1)C(=O)OC(C)(C)C. The first-order valence-electron chi connectivity index (χ1n) is 10.1. The third-order valence-corrected chi connectivity index (χ3v) is 4.63. The number of aromatic nitrogens is 1. The highest BCUT2D eigenvalue weighted by Gasteiger charge is 2.19. The van der Waals surface area contributed by atoms with E-state index in [1.165, 1.54) is 4.90 Å². The fourth-order valence-corrected chi connectivity index (χ4v) is 3.24. The molecule has 30 heavy (non-hydrogen) atoms. The van der Waals surface area contributed by atoms with Crippen molar-refractivity contribution in [1.82, 2.24) is 9.88 Å². The molecule has 2 aromatic carbocycles. The van der Waals surface area contributed by atoms with Gasteiger partial charge in [-0.05, 0) is 56.5 Å². The smallest absolute Gasteiger partial charge is 0.410 e. The first kappa shape index (κ1) is 21.4. The third-order valence-electron chi connectivity index (χ3n) is 4.63. The summed E-state index contributed by atoms with van der Waals surface area (Å²) in [5, 5.41) is 4.10. The van der Waals surface area contributed by atoms with Gasteiger partial charge in [-0.2, -0.15) is 0 Å². The number of rotatable bonds is 6. The van der Waals surface area contributed by atoms with Crippen LogP contribution in [0.3, 0.4) is 0 Å². The number of H-pyrrole nitrogens is 1. The monoisotopic (exact) mass is 407 g/mol. The van der Waals surface area contributed by atoms with Crippen LogP contribution >= 0.6 is 0 Å². The highest BCUT2D eigenvalue weighted by Crippen LogP contribution is 2.20. The number of nitrogens with one attached hydrogen (secondary N) is 2. The lowest BCUT2D eigenvalue weighted by molar-refractivity contribution is -0.116. The molecule has 1 aromatic heterocycles. The summed E-state index contributed by atoms with van der Waals surface area (Å²) >= 11 is 0. The molecule has 0 saturated heterocycles. The van der Waals surface area contributed by atoms with Gasteiger partial charge in [0.15, 0.2) is 0 Å². The number of aryl methyl sites for hydroxylation is 1. The number of fused-ring (bicyclic) bond motifs is 1. The van der Waals surface area contributed by atoms with Gasteiger partial charge in [-0.25, -0.2) is 4.79 Å². The molecule has 2 N–H and O–H groups in total. The predicted molar refractivity (Wildman–Crippen MR) is 119 cm³/mol. The van der Waals surface area contributed by atoms with Crippen molar-refractivity contribution in [3.05, 3.63) is 65.9 Å². The number of carbonyl (C=O) groups excluding carboxylic acids is 2. The Labute approximate surface area is 177 Å². The number of para-hydroxylation sites is 1. The fourth-order valence-electron chi connectivity index (χ4n) is 3.24. The van der Waals surface area contributed by atoms with E-state index in [0.29, 0.717) is 25.1 Å². The van der Waals surface area contributed by atoms with E-state index in [9.17, 15) is 9.59 Å². The van der Waals surface area contributed by atoms with Crippen LogP contribution in [0.15, 0.2) is 54.7 Å². The van der Waals surface area contributed by atoms with Crippen LogP contribution in [-0.2, 0) is 22.5 Å². The molecule has 0 atom stereocenters. The van der Waals surface area contributed by atoms with Crippen molar-refractivity contribution in [3.63, 3.8) is 0 Å². The van der Waals surface area contributed by atoms with Gasteiger partial charge in [-0.15, -0.1) is 0 Å². The summed E-state index contributed by atoms with van der Waals surface area (Å²) in [6, 6.07) is 15.6. The molecular formula is C24H29N3O3. The first-order chi connectivity index (χ1) is 14.2. The normalized spacial score (nSPS) is 11.3. The number of carbonyl (C=O) groups is 2. The summed E-state index contributed by atoms with van der Waals surface area (Å²) in [6.45, 7) is 5.91. The maximum absolute atomic E-state index is 12.4. The standard InChI is InChI=1S/C24H29N3O3/c1-24(2,3)30-23(29)27(4)16-17-8-7-9-19(14-17)26-22(28)13-12-18-15-25-21-11-6-5-10-20(18)21/h5-11,14-15,25H,12-13,16H2,1-4H3,(H,26,28). The van der Waals surface area contributed by atoms with Crippen LogP contribution in [0.25, 0.3) is 10.9 Å². The Kier molecular flexibility index (Phi) is 6.45. The molecule has 0 unspecified atom stereocenters. The van der Waals surface area contributed by atoms with E-state index in [1.807, 2.05) is 69.4 Å². The minimum atomic E-state index is -0.536. The Morgan fingerprint density at radius 3 is 2.63 bits per heavy atom. The Morgan fingerprint density at radius 2 is 1.87 bits per heavy atom. The molecule has 6 nitrogen and oxygen atoms in total. The second-order valence-corrected chi connectivity index (χ2v) is 8.44. The van der Waals surface area contributed by atoms with Gasteiger partial charge in [0.25, 0.3) is 0 Å². The van der Waals surface area contributed by atoms with Gasteiger partial charge in [0.05, 0.1) is 0 Å². The molecule has 0 spiro atoms. The fraction of sp³-hybridized carbons (Fsp3) is 0.333. The van der Waals surface area contributed by atoms with Gasteiger partial charge in [-0.1, -0.05) is 30.3 Å². The van der Waals surface area contributed by atoms with Gasteiger partial charge in [0.1, 0.15) is 5.60 Å². The average molecular weight is 408 g/mol.